The summed E-state index contributed by atoms with van der Waals surface area (Å²) in [6, 6.07) is 25.2. The van der Waals surface area contributed by atoms with Gasteiger partial charge in [0.05, 0.1) is 14.2 Å². The van der Waals surface area contributed by atoms with Crippen molar-refractivity contribution < 1.29 is 9.47 Å². The van der Waals surface area contributed by atoms with Gasteiger partial charge in [-0.1, -0.05) is 60.7 Å². The van der Waals surface area contributed by atoms with Crippen LogP contribution in [0.1, 0.15) is 34.6 Å². The normalized spacial score (nSPS) is 12.8. The minimum absolute atomic E-state index is 0.202. The van der Waals surface area contributed by atoms with Crippen LogP contribution in [0, 0.1) is 0 Å². The first-order valence-electron chi connectivity index (χ1n) is 12.5. The molecule has 5 rings (SSSR count). The van der Waals surface area contributed by atoms with Crippen LogP contribution in [0.15, 0.2) is 72.8 Å². The van der Waals surface area contributed by atoms with E-state index in [1.807, 2.05) is 18.2 Å². The van der Waals surface area contributed by atoms with Crippen molar-refractivity contribution >= 4 is 17.8 Å². The molecule has 8 heteroatoms. The molecule has 1 aliphatic heterocycles. The van der Waals surface area contributed by atoms with Crippen LogP contribution in [0.5, 0.6) is 11.5 Å². The molecule has 0 saturated carbocycles. The van der Waals surface area contributed by atoms with Crippen LogP contribution in [0.3, 0.4) is 0 Å². The lowest BCUT2D eigenvalue weighted by molar-refractivity contribution is 0.353. The van der Waals surface area contributed by atoms with Gasteiger partial charge in [0.15, 0.2) is 11.5 Å². The maximum absolute atomic E-state index is 6.09. The molecule has 190 valence electrons. The van der Waals surface area contributed by atoms with Crippen LogP contribution >= 0.6 is 0 Å². The van der Waals surface area contributed by atoms with Crippen molar-refractivity contribution in [2.24, 2.45) is 0 Å². The Morgan fingerprint density at radius 2 is 1.49 bits per heavy atom. The zero-order valence-corrected chi connectivity index (χ0v) is 21.2. The molecule has 0 saturated heterocycles. The number of nitrogens with two attached hydrogens (primary N) is 1. The van der Waals surface area contributed by atoms with Crippen LogP contribution in [0.2, 0.25) is 0 Å². The first kappa shape index (κ1) is 24.4. The Hall–Kier alpha value is -4.33. The van der Waals surface area contributed by atoms with Crippen LogP contribution < -0.4 is 25.4 Å². The molecule has 4 aromatic rings. The third-order valence-corrected chi connectivity index (χ3v) is 6.76. The van der Waals surface area contributed by atoms with E-state index in [2.05, 4.69) is 74.8 Å². The number of ether oxygens (including phenoxy) is 2. The highest BCUT2D eigenvalue weighted by atomic mass is 16.5. The lowest BCUT2D eigenvalue weighted by Crippen LogP contribution is -2.32. The molecule has 0 radical (unpaired) electrons. The number of hydrogen-bond donors (Lipinski definition) is 2. The Kier molecular flexibility index (Phi) is 7.35. The Balaban J connectivity index is 1.30. The molecule has 3 N–H and O–H groups in total. The molecule has 3 aromatic carbocycles. The second kappa shape index (κ2) is 11.2. The Bertz CT molecular complexity index is 1290. The van der Waals surface area contributed by atoms with Gasteiger partial charge in [0.2, 0.25) is 17.8 Å². The standard InChI is InChI=1S/C29H32N6O2/c1-36-25-17-22-14-16-35(19-23(22)18-26(25)37-2)29-33-27(30)32-28(34-29)31-15-13-24(20-9-5-3-6-10-20)21-11-7-4-8-12-21/h3-12,17-18,24H,13-16,19H2,1-2H3,(H3,30,31,32,33,34). The number of nitrogen functional groups attached to an aromatic ring is 1. The van der Waals surface area contributed by atoms with E-state index in [4.69, 9.17) is 20.2 Å². The summed E-state index contributed by atoms with van der Waals surface area (Å²) in [6.45, 7) is 2.12. The predicted octanol–water partition coefficient (Wildman–Crippen LogP) is 4.67. The topological polar surface area (TPSA) is 98.4 Å². The first-order valence-corrected chi connectivity index (χ1v) is 12.5. The maximum atomic E-state index is 6.09. The summed E-state index contributed by atoms with van der Waals surface area (Å²) in [4.78, 5) is 15.6. The average molecular weight is 497 g/mol. The highest BCUT2D eigenvalue weighted by Crippen LogP contribution is 2.34. The second-order valence-corrected chi connectivity index (χ2v) is 9.05. The molecule has 0 fully saturated rings. The zero-order chi connectivity index (χ0) is 25.6. The number of anilines is 3. The summed E-state index contributed by atoms with van der Waals surface area (Å²) < 4.78 is 11.0. The predicted molar refractivity (Wildman–Crippen MR) is 146 cm³/mol. The van der Waals surface area contributed by atoms with Gasteiger partial charge >= 0.3 is 0 Å². The summed E-state index contributed by atoms with van der Waals surface area (Å²) in [5.74, 6) is 2.98. The minimum Gasteiger partial charge on any atom is -0.493 e. The van der Waals surface area contributed by atoms with E-state index in [1.54, 1.807) is 14.2 Å². The van der Waals surface area contributed by atoms with Crippen LogP contribution in [0.25, 0.3) is 0 Å². The Labute approximate surface area is 217 Å². The van der Waals surface area contributed by atoms with Gasteiger partial charge in [0.1, 0.15) is 0 Å². The van der Waals surface area contributed by atoms with Crippen molar-refractivity contribution in [1.29, 1.82) is 0 Å². The second-order valence-electron chi connectivity index (χ2n) is 9.05. The number of methoxy groups -OCH3 is 2. The summed E-state index contributed by atoms with van der Waals surface area (Å²) in [5, 5.41) is 3.38. The SMILES string of the molecule is COc1cc2c(cc1OC)CN(c1nc(N)nc(NCCC(c3ccccc3)c3ccccc3)n1)CC2. The van der Waals surface area contributed by atoms with E-state index in [0.29, 0.717) is 30.7 Å². The lowest BCUT2D eigenvalue weighted by Gasteiger charge is -2.29. The van der Waals surface area contributed by atoms with Crippen molar-refractivity contribution in [3.8, 4) is 11.5 Å². The number of nitrogens with zero attached hydrogens (tertiary/aromatic N) is 4. The number of aromatic nitrogens is 3. The molecule has 2 heterocycles. The summed E-state index contributed by atoms with van der Waals surface area (Å²) in [7, 11) is 3.30. The van der Waals surface area contributed by atoms with Gasteiger partial charge in [-0.3, -0.25) is 0 Å². The summed E-state index contributed by atoms with van der Waals surface area (Å²) in [6.07, 6.45) is 1.73. The van der Waals surface area contributed by atoms with Crippen LogP contribution in [-0.4, -0.2) is 42.3 Å². The van der Waals surface area contributed by atoms with E-state index < -0.39 is 0 Å². The molecule has 0 atom stereocenters. The molecular formula is C29H32N6O2. The number of hydrogen-bond acceptors (Lipinski definition) is 8. The number of nitrogens with one attached hydrogen (secondary N) is 1. The molecule has 37 heavy (non-hydrogen) atoms. The number of rotatable bonds is 9. The third kappa shape index (κ3) is 5.58. The van der Waals surface area contributed by atoms with E-state index in [-0.39, 0.29) is 11.9 Å². The lowest BCUT2D eigenvalue weighted by atomic mass is 9.88. The average Bonchev–Trinajstić information content (AvgIpc) is 2.95. The van der Waals surface area contributed by atoms with E-state index in [1.165, 1.54) is 16.7 Å². The van der Waals surface area contributed by atoms with Crippen LogP contribution in [-0.2, 0) is 13.0 Å². The third-order valence-electron chi connectivity index (χ3n) is 6.76. The highest BCUT2D eigenvalue weighted by molar-refractivity contribution is 5.52. The van der Waals surface area contributed by atoms with Gasteiger partial charge in [0.25, 0.3) is 0 Å². The fraction of sp³-hybridized carbons (Fsp3) is 0.276. The quantitative estimate of drug-likeness (QED) is 0.345. The van der Waals surface area contributed by atoms with Crippen molar-refractivity contribution in [3.05, 3.63) is 95.1 Å². The molecule has 1 aliphatic rings. The van der Waals surface area contributed by atoms with E-state index in [9.17, 15) is 0 Å². The Morgan fingerprint density at radius 3 is 2.11 bits per heavy atom. The largest absolute Gasteiger partial charge is 0.493 e. The molecule has 1 aromatic heterocycles. The monoisotopic (exact) mass is 496 g/mol. The van der Waals surface area contributed by atoms with Gasteiger partial charge in [-0.15, -0.1) is 0 Å². The van der Waals surface area contributed by atoms with Gasteiger partial charge in [-0.25, -0.2) is 0 Å². The van der Waals surface area contributed by atoms with Gasteiger partial charge in [-0.2, -0.15) is 15.0 Å². The maximum Gasteiger partial charge on any atom is 0.232 e. The van der Waals surface area contributed by atoms with Crippen molar-refractivity contribution in [2.75, 3.05) is 43.3 Å². The molecule has 0 unspecified atom stereocenters. The van der Waals surface area contributed by atoms with Gasteiger partial charge in [0, 0.05) is 25.6 Å². The van der Waals surface area contributed by atoms with Gasteiger partial charge in [-0.05, 0) is 47.2 Å². The van der Waals surface area contributed by atoms with Crippen molar-refractivity contribution in [3.63, 3.8) is 0 Å². The molecule has 0 bridgehead atoms. The summed E-state index contributed by atoms with van der Waals surface area (Å²) >= 11 is 0. The van der Waals surface area contributed by atoms with Crippen LogP contribution in [0.4, 0.5) is 17.8 Å². The van der Waals surface area contributed by atoms with E-state index in [0.717, 1.165) is 30.7 Å². The fourth-order valence-corrected chi connectivity index (χ4v) is 4.88. The smallest absolute Gasteiger partial charge is 0.232 e. The highest BCUT2D eigenvalue weighted by Gasteiger charge is 2.22. The van der Waals surface area contributed by atoms with Gasteiger partial charge < -0.3 is 25.4 Å². The summed E-state index contributed by atoms with van der Waals surface area (Å²) in [5.41, 5.74) is 11.1. The zero-order valence-electron chi connectivity index (χ0n) is 21.2. The number of fused-ring (bicyclic) bond motifs is 1. The van der Waals surface area contributed by atoms with Crippen molar-refractivity contribution in [1.82, 2.24) is 15.0 Å². The molecular weight excluding hydrogens is 464 g/mol. The first-order chi connectivity index (χ1) is 18.1. The molecule has 0 amide bonds. The molecule has 8 nitrogen and oxygen atoms in total. The molecule has 0 aliphatic carbocycles. The number of benzene rings is 3. The Morgan fingerprint density at radius 1 is 0.865 bits per heavy atom. The minimum atomic E-state index is 0.202. The van der Waals surface area contributed by atoms with Crippen molar-refractivity contribution in [2.45, 2.75) is 25.3 Å². The fourth-order valence-electron chi connectivity index (χ4n) is 4.88. The van der Waals surface area contributed by atoms with E-state index >= 15 is 0 Å². The molecule has 0 spiro atoms.